The SMILES string of the molecule is Cc1c[nH]c(=O)n1-c1ccccc1NC(=O)NCCC1=CCCCC1. The third-order valence-corrected chi connectivity index (χ3v) is 4.47. The number of carbonyl (C=O) groups is 1. The Bertz CT molecular complexity index is 832. The number of aromatic amines is 1. The van der Waals surface area contributed by atoms with Crippen LogP contribution in [0.1, 0.15) is 37.8 Å². The first-order valence-electron chi connectivity index (χ1n) is 8.74. The summed E-state index contributed by atoms with van der Waals surface area (Å²) in [5.41, 5.74) is 3.24. The molecule has 0 spiro atoms. The van der Waals surface area contributed by atoms with E-state index < -0.39 is 0 Å². The van der Waals surface area contributed by atoms with E-state index in [2.05, 4.69) is 21.7 Å². The molecule has 3 N–H and O–H groups in total. The lowest BCUT2D eigenvalue weighted by molar-refractivity contribution is 0.252. The van der Waals surface area contributed by atoms with E-state index >= 15 is 0 Å². The molecule has 0 fully saturated rings. The number of hydrogen-bond acceptors (Lipinski definition) is 2. The summed E-state index contributed by atoms with van der Waals surface area (Å²) in [5, 5.41) is 5.74. The summed E-state index contributed by atoms with van der Waals surface area (Å²) in [4.78, 5) is 26.9. The van der Waals surface area contributed by atoms with E-state index in [1.807, 2.05) is 25.1 Å². The summed E-state index contributed by atoms with van der Waals surface area (Å²) < 4.78 is 1.54. The molecule has 1 aromatic heterocycles. The predicted octanol–water partition coefficient (Wildman–Crippen LogP) is 3.49. The molecule has 25 heavy (non-hydrogen) atoms. The number of H-pyrrole nitrogens is 1. The number of benzene rings is 1. The largest absolute Gasteiger partial charge is 0.338 e. The standard InChI is InChI=1S/C19H24N4O2/c1-14-13-21-19(25)23(14)17-10-6-5-9-16(17)22-18(24)20-12-11-15-7-3-2-4-8-15/h5-7,9-10,13H,2-4,8,11-12H2,1H3,(H,21,25)(H2,20,22,24). The second kappa shape index (κ2) is 7.88. The van der Waals surface area contributed by atoms with Gasteiger partial charge in [-0.25, -0.2) is 9.59 Å². The number of carbonyl (C=O) groups excluding carboxylic acids is 1. The Hall–Kier alpha value is -2.76. The molecule has 0 saturated carbocycles. The van der Waals surface area contributed by atoms with Gasteiger partial charge in [0, 0.05) is 18.4 Å². The zero-order valence-corrected chi connectivity index (χ0v) is 14.5. The number of nitrogens with one attached hydrogen (secondary N) is 3. The van der Waals surface area contributed by atoms with Gasteiger partial charge in [0.05, 0.1) is 11.4 Å². The molecule has 6 nitrogen and oxygen atoms in total. The number of imidazole rings is 1. The lowest BCUT2D eigenvalue weighted by atomic mass is 9.97. The van der Waals surface area contributed by atoms with E-state index in [9.17, 15) is 9.59 Å². The smallest absolute Gasteiger partial charge is 0.330 e. The van der Waals surface area contributed by atoms with E-state index in [4.69, 9.17) is 0 Å². The quantitative estimate of drug-likeness (QED) is 0.729. The van der Waals surface area contributed by atoms with Gasteiger partial charge < -0.3 is 15.6 Å². The van der Waals surface area contributed by atoms with Gasteiger partial charge in [-0.3, -0.25) is 4.57 Å². The third-order valence-electron chi connectivity index (χ3n) is 4.47. The van der Waals surface area contributed by atoms with E-state index in [0.29, 0.717) is 17.9 Å². The zero-order valence-electron chi connectivity index (χ0n) is 14.5. The van der Waals surface area contributed by atoms with Crippen LogP contribution in [0, 0.1) is 6.92 Å². The number of aromatic nitrogens is 2. The maximum atomic E-state index is 12.2. The van der Waals surface area contributed by atoms with Crippen molar-refractivity contribution in [2.45, 2.75) is 39.0 Å². The molecule has 1 heterocycles. The monoisotopic (exact) mass is 340 g/mol. The molecule has 1 aromatic carbocycles. The fourth-order valence-corrected chi connectivity index (χ4v) is 3.16. The molecule has 1 aliphatic rings. The lowest BCUT2D eigenvalue weighted by Crippen LogP contribution is -2.30. The summed E-state index contributed by atoms with van der Waals surface area (Å²) in [6.07, 6.45) is 9.64. The molecular weight excluding hydrogens is 316 g/mol. The summed E-state index contributed by atoms with van der Waals surface area (Å²) in [5.74, 6) is 0. The second-order valence-corrected chi connectivity index (χ2v) is 6.33. The van der Waals surface area contributed by atoms with Crippen LogP contribution in [-0.2, 0) is 0 Å². The van der Waals surface area contributed by atoms with Gasteiger partial charge in [-0.1, -0.05) is 23.8 Å². The maximum absolute atomic E-state index is 12.2. The number of aryl methyl sites for hydroxylation is 1. The molecular formula is C19H24N4O2. The number of allylic oxidation sites excluding steroid dienone is 1. The Kier molecular flexibility index (Phi) is 5.38. The fraction of sp³-hybridized carbons (Fsp3) is 0.368. The molecule has 6 heteroatoms. The van der Waals surface area contributed by atoms with Crippen molar-refractivity contribution in [1.82, 2.24) is 14.9 Å². The van der Waals surface area contributed by atoms with Gasteiger partial charge >= 0.3 is 11.7 Å². The fourth-order valence-electron chi connectivity index (χ4n) is 3.16. The highest BCUT2D eigenvalue weighted by atomic mass is 16.2. The molecule has 0 unspecified atom stereocenters. The summed E-state index contributed by atoms with van der Waals surface area (Å²) in [6.45, 7) is 2.45. The molecule has 0 saturated heterocycles. The highest BCUT2D eigenvalue weighted by Gasteiger charge is 2.12. The molecule has 3 rings (SSSR count). The minimum absolute atomic E-state index is 0.226. The summed E-state index contributed by atoms with van der Waals surface area (Å²) in [7, 11) is 0. The van der Waals surface area contributed by atoms with Crippen molar-refractivity contribution in [2.24, 2.45) is 0 Å². The van der Waals surface area contributed by atoms with E-state index in [1.165, 1.54) is 18.4 Å². The van der Waals surface area contributed by atoms with Gasteiger partial charge in [0.15, 0.2) is 0 Å². The summed E-state index contributed by atoms with van der Waals surface area (Å²) in [6, 6.07) is 7.01. The number of rotatable bonds is 5. The molecule has 0 aliphatic heterocycles. The Morgan fingerprint density at radius 3 is 2.84 bits per heavy atom. The van der Waals surface area contributed by atoms with Crippen LogP contribution in [0.5, 0.6) is 0 Å². The number of hydrogen-bond donors (Lipinski definition) is 3. The zero-order chi connectivity index (χ0) is 17.6. The van der Waals surface area contributed by atoms with Crippen LogP contribution in [0.4, 0.5) is 10.5 Å². The first kappa shape index (κ1) is 17.1. The van der Waals surface area contributed by atoms with Crippen LogP contribution in [0.15, 0.2) is 46.9 Å². The predicted molar refractivity (Wildman–Crippen MR) is 99.3 cm³/mol. The molecule has 1 aliphatic carbocycles. The van der Waals surface area contributed by atoms with Crippen molar-refractivity contribution in [3.8, 4) is 5.69 Å². The lowest BCUT2D eigenvalue weighted by Gasteiger charge is -2.15. The Labute approximate surface area is 147 Å². The van der Waals surface area contributed by atoms with Crippen LogP contribution in [0.2, 0.25) is 0 Å². The molecule has 132 valence electrons. The number of para-hydroxylation sites is 2. The Morgan fingerprint density at radius 1 is 1.28 bits per heavy atom. The topological polar surface area (TPSA) is 78.9 Å². The molecule has 0 atom stereocenters. The van der Waals surface area contributed by atoms with Crippen LogP contribution in [-0.4, -0.2) is 22.1 Å². The van der Waals surface area contributed by atoms with Crippen LogP contribution in [0.25, 0.3) is 5.69 Å². The van der Waals surface area contributed by atoms with E-state index in [-0.39, 0.29) is 11.7 Å². The third kappa shape index (κ3) is 4.21. The van der Waals surface area contributed by atoms with Crippen molar-refractivity contribution < 1.29 is 4.79 Å². The second-order valence-electron chi connectivity index (χ2n) is 6.33. The minimum atomic E-state index is -0.259. The Balaban J connectivity index is 1.64. The van der Waals surface area contributed by atoms with Crippen molar-refractivity contribution in [1.29, 1.82) is 0 Å². The maximum Gasteiger partial charge on any atom is 0.330 e. The van der Waals surface area contributed by atoms with Gasteiger partial charge in [0.1, 0.15) is 0 Å². The van der Waals surface area contributed by atoms with Crippen LogP contribution in [0.3, 0.4) is 0 Å². The van der Waals surface area contributed by atoms with Crippen LogP contribution < -0.4 is 16.3 Å². The minimum Gasteiger partial charge on any atom is -0.338 e. The molecule has 2 amide bonds. The van der Waals surface area contributed by atoms with Crippen molar-refractivity contribution in [3.05, 3.63) is 58.3 Å². The summed E-state index contributed by atoms with van der Waals surface area (Å²) >= 11 is 0. The van der Waals surface area contributed by atoms with Gasteiger partial charge in [0.25, 0.3) is 0 Å². The normalized spacial score (nSPS) is 14.0. The number of nitrogens with zero attached hydrogens (tertiary/aromatic N) is 1. The van der Waals surface area contributed by atoms with Crippen molar-refractivity contribution >= 4 is 11.7 Å². The van der Waals surface area contributed by atoms with E-state index in [0.717, 1.165) is 25.0 Å². The van der Waals surface area contributed by atoms with Gasteiger partial charge in [-0.2, -0.15) is 0 Å². The van der Waals surface area contributed by atoms with Gasteiger partial charge in [-0.05, 0) is 51.2 Å². The average Bonchev–Trinajstić information content (AvgIpc) is 2.95. The molecule has 0 radical (unpaired) electrons. The van der Waals surface area contributed by atoms with Crippen molar-refractivity contribution in [3.63, 3.8) is 0 Å². The molecule has 2 aromatic rings. The highest BCUT2D eigenvalue weighted by Crippen LogP contribution is 2.20. The van der Waals surface area contributed by atoms with Crippen LogP contribution >= 0.6 is 0 Å². The average molecular weight is 340 g/mol. The number of urea groups is 1. The van der Waals surface area contributed by atoms with Crippen molar-refractivity contribution in [2.75, 3.05) is 11.9 Å². The van der Waals surface area contributed by atoms with E-state index in [1.54, 1.807) is 16.8 Å². The molecule has 0 bridgehead atoms. The van der Waals surface area contributed by atoms with Gasteiger partial charge in [0.2, 0.25) is 0 Å². The van der Waals surface area contributed by atoms with Gasteiger partial charge in [-0.15, -0.1) is 0 Å². The Morgan fingerprint density at radius 2 is 2.12 bits per heavy atom. The number of amides is 2. The highest BCUT2D eigenvalue weighted by molar-refractivity contribution is 5.91. The first-order chi connectivity index (χ1) is 12.1. The number of anilines is 1. The first-order valence-corrected chi connectivity index (χ1v) is 8.74.